The third kappa shape index (κ3) is 2.81. The molecule has 1 atom stereocenters. The zero-order chi connectivity index (χ0) is 12.4. The van der Waals surface area contributed by atoms with Gasteiger partial charge in [-0.2, -0.15) is 0 Å². The highest BCUT2D eigenvalue weighted by molar-refractivity contribution is 5.59. The van der Waals surface area contributed by atoms with Gasteiger partial charge in [0.15, 0.2) is 0 Å². The Hall–Kier alpha value is -1.02. The van der Waals surface area contributed by atoms with E-state index in [1.54, 1.807) is 0 Å². The maximum absolute atomic E-state index is 3.44. The Labute approximate surface area is 105 Å². The second kappa shape index (κ2) is 5.09. The predicted octanol–water partition coefficient (Wildman–Crippen LogP) is 2.66. The molecule has 0 saturated carbocycles. The van der Waals surface area contributed by atoms with Gasteiger partial charge in [0.2, 0.25) is 0 Å². The summed E-state index contributed by atoms with van der Waals surface area (Å²) in [4.78, 5) is 2.43. The second-order valence-corrected chi connectivity index (χ2v) is 5.49. The zero-order valence-corrected chi connectivity index (χ0v) is 11.5. The number of rotatable bonds is 3. The second-order valence-electron chi connectivity index (χ2n) is 5.49. The summed E-state index contributed by atoms with van der Waals surface area (Å²) in [5, 5.41) is 3.44. The molecule has 1 unspecified atom stereocenters. The average molecular weight is 232 g/mol. The lowest BCUT2D eigenvalue weighted by Gasteiger charge is -2.26. The first kappa shape index (κ1) is 12.4. The minimum atomic E-state index is 0.806. The van der Waals surface area contributed by atoms with Crippen LogP contribution in [-0.2, 0) is 0 Å². The van der Waals surface area contributed by atoms with Crippen molar-refractivity contribution in [2.75, 3.05) is 31.6 Å². The quantitative estimate of drug-likeness (QED) is 0.862. The minimum absolute atomic E-state index is 0.806. The molecule has 0 amide bonds. The van der Waals surface area contributed by atoms with Crippen molar-refractivity contribution in [3.63, 3.8) is 0 Å². The molecule has 0 aliphatic carbocycles. The molecular weight excluding hydrogens is 208 g/mol. The molecule has 1 N–H and O–H groups in total. The van der Waals surface area contributed by atoms with Crippen LogP contribution in [0.3, 0.4) is 0 Å². The molecule has 1 saturated heterocycles. The van der Waals surface area contributed by atoms with Crippen molar-refractivity contribution in [2.24, 2.45) is 5.92 Å². The normalized spacial score (nSPS) is 19.6. The van der Waals surface area contributed by atoms with E-state index in [0.29, 0.717) is 0 Å². The van der Waals surface area contributed by atoms with Gasteiger partial charge in [-0.25, -0.2) is 0 Å². The Morgan fingerprint density at radius 1 is 1.24 bits per heavy atom. The molecule has 17 heavy (non-hydrogen) atoms. The van der Waals surface area contributed by atoms with Crippen LogP contribution in [0, 0.1) is 26.7 Å². The smallest absolute Gasteiger partial charge is 0.0423 e. The minimum Gasteiger partial charge on any atom is -0.374 e. The topological polar surface area (TPSA) is 15.3 Å². The van der Waals surface area contributed by atoms with E-state index in [2.05, 4.69) is 50.2 Å². The van der Waals surface area contributed by atoms with E-state index in [1.807, 2.05) is 0 Å². The zero-order valence-electron chi connectivity index (χ0n) is 11.5. The number of anilines is 1. The Morgan fingerprint density at radius 3 is 2.41 bits per heavy atom. The van der Waals surface area contributed by atoms with Crippen molar-refractivity contribution in [3.05, 3.63) is 28.8 Å². The van der Waals surface area contributed by atoms with E-state index in [1.165, 1.54) is 41.9 Å². The number of nitrogens with one attached hydrogen (secondary N) is 1. The molecule has 0 spiro atoms. The highest BCUT2D eigenvalue weighted by Crippen LogP contribution is 2.26. The van der Waals surface area contributed by atoms with Crippen molar-refractivity contribution < 1.29 is 0 Å². The van der Waals surface area contributed by atoms with E-state index in [4.69, 9.17) is 0 Å². The Kier molecular flexibility index (Phi) is 3.72. The van der Waals surface area contributed by atoms with Gasteiger partial charge in [0.1, 0.15) is 0 Å². The lowest BCUT2D eigenvalue weighted by molar-refractivity contribution is 0.577. The van der Waals surface area contributed by atoms with Gasteiger partial charge in [0.25, 0.3) is 0 Å². The standard InChI is InChI=1S/C15H24N2/c1-11-7-12(2)15(13(3)8-11)17(4)10-14-5-6-16-9-14/h7-8,14,16H,5-6,9-10H2,1-4H3. The van der Waals surface area contributed by atoms with Gasteiger partial charge in [-0.05, 0) is 57.3 Å². The average Bonchev–Trinajstić information content (AvgIpc) is 2.68. The molecular formula is C15H24N2. The summed E-state index contributed by atoms with van der Waals surface area (Å²) in [5.41, 5.74) is 5.58. The highest BCUT2D eigenvalue weighted by Gasteiger charge is 2.18. The fraction of sp³-hybridized carbons (Fsp3) is 0.600. The molecule has 1 aromatic carbocycles. The van der Waals surface area contributed by atoms with Crippen LogP contribution in [0.4, 0.5) is 5.69 Å². The van der Waals surface area contributed by atoms with Crippen LogP contribution in [0.1, 0.15) is 23.1 Å². The van der Waals surface area contributed by atoms with Gasteiger partial charge < -0.3 is 10.2 Å². The largest absolute Gasteiger partial charge is 0.374 e. The molecule has 2 rings (SSSR count). The third-order valence-electron chi connectivity index (χ3n) is 3.71. The van der Waals surface area contributed by atoms with E-state index in [-0.39, 0.29) is 0 Å². The van der Waals surface area contributed by atoms with Gasteiger partial charge in [0.05, 0.1) is 0 Å². The summed E-state index contributed by atoms with van der Waals surface area (Å²) < 4.78 is 0. The Morgan fingerprint density at radius 2 is 1.88 bits per heavy atom. The number of benzene rings is 1. The molecule has 1 aromatic rings. The summed E-state index contributed by atoms with van der Waals surface area (Å²) in [6.45, 7) is 10.1. The van der Waals surface area contributed by atoms with Crippen molar-refractivity contribution in [1.29, 1.82) is 0 Å². The van der Waals surface area contributed by atoms with E-state index < -0.39 is 0 Å². The van der Waals surface area contributed by atoms with Crippen LogP contribution in [0.5, 0.6) is 0 Å². The van der Waals surface area contributed by atoms with Crippen LogP contribution >= 0.6 is 0 Å². The summed E-state index contributed by atoms with van der Waals surface area (Å²) in [7, 11) is 2.23. The van der Waals surface area contributed by atoms with Gasteiger partial charge in [0, 0.05) is 19.3 Å². The number of hydrogen-bond donors (Lipinski definition) is 1. The first-order valence-electron chi connectivity index (χ1n) is 6.57. The maximum Gasteiger partial charge on any atom is 0.0423 e. The molecule has 94 valence electrons. The maximum atomic E-state index is 3.44. The SMILES string of the molecule is Cc1cc(C)c(N(C)CC2CCNC2)c(C)c1. The number of nitrogens with zero attached hydrogens (tertiary/aromatic N) is 1. The van der Waals surface area contributed by atoms with Gasteiger partial charge in [-0.15, -0.1) is 0 Å². The summed E-state index contributed by atoms with van der Waals surface area (Å²) >= 11 is 0. The molecule has 1 fully saturated rings. The molecule has 0 bridgehead atoms. The fourth-order valence-corrected chi connectivity index (χ4v) is 3.12. The Bertz CT molecular complexity index is 369. The van der Waals surface area contributed by atoms with Crippen LogP contribution in [0.15, 0.2) is 12.1 Å². The third-order valence-corrected chi connectivity index (χ3v) is 3.71. The fourth-order valence-electron chi connectivity index (χ4n) is 3.12. The highest BCUT2D eigenvalue weighted by atomic mass is 15.1. The predicted molar refractivity (Wildman–Crippen MR) is 74.9 cm³/mol. The number of hydrogen-bond acceptors (Lipinski definition) is 2. The summed E-state index contributed by atoms with van der Waals surface area (Å²) in [6, 6.07) is 4.57. The van der Waals surface area contributed by atoms with E-state index >= 15 is 0 Å². The lowest BCUT2D eigenvalue weighted by Crippen LogP contribution is -2.27. The molecule has 0 radical (unpaired) electrons. The molecule has 2 heteroatoms. The first-order chi connectivity index (χ1) is 8.08. The lowest BCUT2D eigenvalue weighted by atomic mass is 10.0. The van der Waals surface area contributed by atoms with Crippen molar-refractivity contribution in [1.82, 2.24) is 5.32 Å². The molecule has 0 aromatic heterocycles. The van der Waals surface area contributed by atoms with E-state index in [9.17, 15) is 0 Å². The Balaban J connectivity index is 2.15. The first-order valence-corrected chi connectivity index (χ1v) is 6.57. The van der Waals surface area contributed by atoms with Crippen LogP contribution in [0.2, 0.25) is 0 Å². The van der Waals surface area contributed by atoms with Gasteiger partial charge in [-0.1, -0.05) is 17.7 Å². The van der Waals surface area contributed by atoms with Crippen molar-refractivity contribution in [2.45, 2.75) is 27.2 Å². The molecule has 1 aliphatic heterocycles. The van der Waals surface area contributed by atoms with Crippen LogP contribution < -0.4 is 10.2 Å². The van der Waals surface area contributed by atoms with Crippen molar-refractivity contribution >= 4 is 5.69 Å². The summed E-state index contributed by atoms with van der Waals surface area (Å²) in [5.74, 6) is 0.806. The van der Waals surface area contributed by atoms with Crippen LogP contribution in [0.25, 0.3) is 0 Å². The number of aryl methyl sites for hydroxylation is 3. The van der Waals surface area contributed by atoms with E-state index in [0.717, 1.165) is 12.5 Å². The monoisotopic (exact) mass is 232 g/mol. The van der Waals surface area contributed by atoms with Crippen molar-refractivity contribution in [3.8, 4) is 0 Å². The van der Waals surface area contributed by atoms with Gasteiger partial charge >= 0.3 is 0 Å². The summed E-state index contributed by atoms with van der Waals surface area (Å²) in [6.07, 6.45) is 1.31. The van der Waals surface area contributed by atoms with Gasteiger partial charge in [-0.3, -0.25) is 0 Å². The molecule has 2 nitrogen and oxygen atoms in total. The molecule has 1 heterocycles. The van der Waals surface area contributed by atoms with Crippen LogP contribution in [-0.4, -0.2) is 26.7 Å². The molecule has 1 aliphatic rings.